The normalized spacial score (nSPS) is 10.1. The maximum atomic E-state index is 11.3. The summed E-state index contributed by atoms with van der Waals surface area (Å²) < 4.78 is 5.58. The third-order valence-corrected chi connectivity index (χ3v) is 3.57. The highest BCUT2D eigenvalue weighted by atomic mass is 32.2. The lowest BCUT2D eigenvalue weighted by molar-refractivity contribution is 0.318. The van der Waals surface area contributed by atoms with Crippen LogP contribution in [-0.2, 0) is 0 Å². The highest BCUT2D eigenvalue weighted by Crippen LogP contribution is 2.15. The van der Waals surface area contributed by atoms with Gasteiger partial charge in [0.15, 0.2) is 5.16 Å². The molecule has 0 amide bonds. The molecule has 1 aromatic heterocycles. The van der Waals surface area contributed by atoms with Crippen molar-refractivity contribution in [2.45, 2.75) is 18.5 Å². The third kappa shape index (κ3) is 4.97. The molecule has 2 aromatic rings. The second kappa shape index (κ2) is 7.50. The zero-order valence-corrected chi connectivity index (χ0v) is 12.4. The van der Waals surface area contributed by atoms with E-state index in [1.807, 2.05) is 6.07 Å². The topological polar surface area (TPSA) is 78.8 Å². The molecule has 6 heteroatoms. The summed E-state index contributed by atoms with van der Waals surface area (Å²) >= 11 is 1.49. The number of aromatic amines is 1. The molecule has 5 nitrogen and oxygen atoms in total. The summed E-state index contributed by atoms with van der Waals surface area (Å²) in [6.07, 6.45) is 0.819. The van der Waals surface area contributed by atoms with Crippen LogP contribution in [0.15, 0.2) is 40.3 Å². The fraction of sp³-hybridized carbons (Fsp3) is 0.267. The monoisotopic (exact) mass is 301 g/mol. The number of H-pyrrole nitrogens is 1. The van der Waals surface area contributed by atoms with Gasteiger partial charge in [-0.05, 0) is 31.5 Å². The largest absolute Gasteiger partial charge is 0.494 e. The quantitative estimate of drug-likeness (QED) is 0.504. The number of rotatable bonds is 6. The van der Waals surface area contributed by atoms with Crippen molar-refractivity contribution in [1.82, 2.24) is 9.97 Å². The number of nitrogens with one attached hydrogen (secondary N) is 1. The molecule has 0 saturated carbocycles. The molecule has 0 unspecified atom stereocenters. The molecule has 0 aliphatic rings. The molecular formula is C15H15N3O2S. The lowest BCUT2D eigenvalue weighted by Crippen LogP contribution is -2.08. The van der Waals surface area contributed by atoms with E-state index < -0.39 is 0 Å². The Bertz CT molecular complexity index is 707. The van der Waals surface area contributed by atoms with E-state index >= 15 is 0 Å². The van der Waals surface area contributed by atoms with Crippen molar-refractivity contribution in [2.75, 3.05) is 12.4 Å². The molecule has 21 heavy (non-hydrogen) atoms. The highest BCUT2D eigenvalue weighted by molar-refractivity contribution is 7.99. The van der Waals surface area contributed by atoms with Crippen LogP contribution in [0.4, 0.5) is 0 Å². The van der Waals surface area contributed by atoms with E-state index in [1.54, 1.807) is 25.1 Å². The van der Waals surface area contributed by atoms with Gasteiger partial charge < -0.3 is 9.72 Å². The highest BCUT2D eigenvalue weighted by Gasteiger charge is 2.00. The maximum Gasteiger partial charge on any atom is 0.251 e. The van der Waals surface area contributed by atoms with Crippen LogP contribution in [0.1, 0.15) is 17.7 Å². The average molecular weight is 301 g/mol. The van der Waals surface area contributed by atoms with Gasteiger partial charge in [-0.15, -0.1) is 0 Å². The zero-order valence-electron chi connectivity index (χ0n) is 11.6. The molecule has 1 heterocycles. The van der Waals surface area contributed by atoms with E-state index in [-0.39, 0.29) is 5.56 Å². The van der Waals surface area contributed by atoms with Crippen molar-refractivity contribution in [3.05, 3.63) is 51.9 Å². The maximum absolute atomic E-state index is 11.3. The molecule has 1 N–H and O–H groups in total. The smallest absolute Gasteiger partial charge is 0.251 e. The van der Waals surface area contributed by atoms with Crippen LogP contribution in [0.5, 0.6) is 5.75 Å². The minimum absolute atomic E-state index is 0.130. The van der Waals surface area contributed by atoms with Crippen LogP contribution in [0.2, 0.25) is 0 Å². The summed E-state index contributed by atoms with van der Waals surface area (Å²) in [6, 6.07) is 10.6. The van der Waals surface area contributed by atoms with Crippen molar-refractivity contribution in [3.8, 4) is 11.8 Å². The van der Waals surface area contributed by atoms with Crippen molar-refractivity contribution in [3.63, 3.8) is 0 Å². The molecule has 0 fully saturated rings. The molecule has 0 aliphatic carbocycles. The van der Waals surface area contributed by atoms with E-state index in [0.29, 0.717) is 28.8 Å². The number of nitrogens with zero attached hydrogens (tertiary/aromatic N) is 2. The minimum Gasteiger partial charge on any atom is -0.494 e. The van der Waals surface area contributed by atoms with Gasteiger partial charge in [-0.2, -0.15) is 5.26 Å². The predicted molar refractivity (Wildman–Crippen MR) is 81.6 cm³/mol. The van der Waals surface area contributed by atoms with Gasteiger partial charge >= 0.3 is 0 Å². The van der Waals surface area contributed by atoms with Gasteiger partial charge in [0, 0.05) is 17.5 Å². The molecule has 0 bridgehead atoms. The van der Waals surface area contributed by atoms with E-state index in [0.717, 1.165) is 12.2 Å². The summed E-state index contributed by atoms with van der Waals surface area (Å²) in [6.45, 7) is 2.35. The summed E-state index contributed by atoms with van der Waals surface area (Å²) in [5.41, 5.74) is 1.17. The Morgan fingerprint density at radius 1 is 1.43 bits per heavy atom. The first-order valence-electron chi connectivity index (χ1n) is 6.51. The molecule has 0 saturated heterocycles. The second-order valence-corrected chi connectivity index (χ2v) is 5.47. The van der Waals surface area contributed by atoms with Crippen LogP contribution in [0, 0.1) is 18.3 Å². The SMILES string of the molecule is Cc1cc(=O)[nH]c(SCCCOc2cccc(C#N)c2)n1. The Labute approximate surface area is 127 Å². The van der Waals surface area contributed by atoms with Crippen LogP contribution in [0.3, 0.4) is 0 Å². The summed E-state index contributed by atoms with van der Waals surface area (Å²) in [7, 11) is 0. The molecule has 0 atom stereocenters. The Balaban J connectivity index is 1.75. The lowest BCUT2D eigenvalue weighted by Gasteiger charge is -2.06. The molecule has 0 radical (unpaired) electrons. The summed E-state index contributed by atoms with van der Waals surface area (Å²) in [5.74, 6) is 1.49. The number of aryl methyl sites for hydroxylation is 1. The number of ether oxygens (including phenoxy) is 1. The van der Waals surface area contributed by atoms with Crippen molar-refractivity contribution < 1.29 is 4.74 Å². The summed E-state index contributed by atoms with van der Waals surface area (Å²) in [5, 5.41) is 9.43. The zero-order chi connectivity index (χ0) is 15.1. The number of hydrogen-bond acceptors (Lipinski definition) is 5. The third-order valence-electron chi connectivity index (χ3n) is 2.61. The fourth-order valence-electron chi connectivity index (χ4n) is 1.69. The predicted octanol–water partition coefficient (Wildman–Crippen LogP) is 2.51. The Morgan fingerprint density at radius 2 is 2.29 bits per heavy atom. The van der Waals surface area contributed by atoms with Gasteiger partial charge in [-0.3, -0.25) is 4.79 Å². The first-order chi connectivity index (χ1) is 10.2. The van der Waals surface area contributed by atoms with Gasteiger partial charge in [0.2, 0.25) is 0 Å². The van der Waals surface area contributed by atoms with Crippen LogP contribution >= 0.6 is 11.8 Å². The lowest BCUT2D eigenvalue weighted by atomic mass is 10.2. The van der Waals surface area contributed by atoms with Gasteiger partial charge in [0.25, 0.3) is 5.56 Å². The van der Waals surface area contributed by atoms with Crippen molar-refractivity contribution in [1.29, 1.82) is 5.26 Å². The number of benzene rings is 1. The van der Waals surface area contributed by atoms with Gasteiger partial charge in [-0.1, -0.05) is 17.8 Å². The number of nitriles is 1. The molecule has 0 aliphatic heterocycles. The molecule has 108 valence electrons. The number of aromatic nitrogens is 2. The summed E-state index contributed by atoms with van der Waals surface area (Å²) in [4.78, 5) is 18.2. The van der Waals surface area contributed by atoms with E-state index in [1.165, 1.54) is 17.8 Å². The van der Waals surface area contributed by atoms with Crippen LogP contribution in [0.25, 0.3) is 0 Å². The fourth-order valence-corrected chi connectivity index (χ4v) is 2.53. The first-order valence-corrected chi connectivity index (χ1v) is 7.49. The molecule has 0 spiro atoms. The van der Waals surface area contributed by atoms with Crippen LogP contribution in [-0.4, -0.2) is 22.3 Å². The second-order valence-electron chi connectivity index (χ2n) is 4.38. The Hall–Kier alpha value is -2.26. The molecular weight excluding hydrogens is 286 g/mol. The van der Waals surface area contributed by atoms with E-state index in [4.69, 9.17) is 10.00 Å². The standard InChI is InChI=1S/C15H15N3O2S/c1-11-8-14(19)18-15(17-11)21-7-3-6-20-13-5-2-4-12(9-13)10-16/h2,4-5,8-9H,3,6-7H2,1H3,(H,17,18,19). The minimum atomic E-state index is -0.130. The van der Waals surface area contributed by atoms with Crippen molar-refractivity contribution in [2.24, 2.45) is 0 Å². The average Bonchev–Trinajstić information content (AvgIpc) is 2.46. The van der Waals surface area contributed by atoms with Gasteiger partial charge in [0.1, 0.15) is 5.75 Å². The number of thioether (sulfide) groups is 1. The Kier molecular flexibility index (Phi) is 5.41. The number of hydrogen-bond donors (Lipinski definition) is 1. The van der Waals surface area contributed by atoms with E-state index in [2.05, 4.69) is 16.0 Å². The Morgan fingerprint density at radius 3 is 3.05 bits per heavy atom. The molecule has 1 aromatic carbocycles. The molecule has 2 rings (SSSR count). The van der Waals surface area contributed by atoms with E-state index in [9.17, 15) is 4.79 Å². The first kappa shape index (κ1) is 15.1. The van der Waals surface area contributed by atoms with Crippen LogP contribution < -0.4 is 10.3 Å². The van der Waals surface area contributed by atoms with Gasteiger partial charge in [-0.25, -0.2) is 4.98 Å². The van der Waals surface area contributed by atoms with Crippen molar-refractivity contribution >= 4 is 11.8 Å². The van der Waals surface area contributed by atoms with Gasteiger partial charge in [0.05, 0.1) is 18.2 Å².